The van der Waals surface area contributed by atoms with Crippen LogP contribution in [-0.4, -0.2) is 16.6 Å². The van der Waals surface area contributed by atoms with Gasteiger partial charge in [0.25, 0.3) is 0 Å². The molecule has 0 atom stereocenters. The Hall–Kier alpha value is -1.09. The van der Waals surface area contributed by atoms with E-state index in [1.54, 1.807) is 0 Å². The Morgan fingerprint density at radius 3 is 2.55 bits per heavy atom. The van der Waals surface area contributed by atoms with Crippen LogP contribution in [0.3, 0.4) is 0 Å². The maximum atomic E-state index is 6.07. The number of pyridine rings is 1. The summed E-state index contributed by atoms with van der Waals surface area (Å²) in [6, 6.07) is 4.13. The van der Waals surface area contributed by atoms with Gasteiger partial charge in [0, 0.05) is 24.3 Å². The summed E-state index contributed by atoms with van der Waals surface area (Å²) >= 11 is 0. The lowest BCUT2D eigenvalue weighted by Crippen LogP contribution is -2.35. The van der Waals surface area contributed by atoms with E-state index in [1.165, 1.54) is 44.1 Å². The summed E-state index contributed by atoms with van der Waals surface area (Å²) in [5.74, 6) is 0.783. The highest BCUT2D eigenvalue weighted by Gasteiger charge is 2.14. The molecule has 1 saturated carbocycles. The molecule has 0 unspecified atom stereocenters. The molecule has 0 spiro atoms. The summed E-state index contributed by atoms with van der Waals surface area (Å²) in [5.41, 5.74) is 1.37. The van der Waals surface area contributed by atoms with Gasteiger partial charge in [-0.1, -0.05) is 12.8 Å². The Morgan fingerprint density at radius 2 is 1.90 bits per heavy atom. The maximum absolute atomic E-state index is 6.07. The molecule has 1 heterocycles. The van der Waals surface area contributed by atoms with Gasteiger partial charge in [0.1, 0.15) is 6.10 Å². The highest BCUT2D eigenvalue weighted by Crippen LogP contribution is 2.22. The van der Waals surface area contributed by atoms with E-state index in [0.29, 0.717) is 6.10 Å². The first-order chi connectivity index (χ1) is 9.53. The van der Waals surface area contributed by atoms with Crippen LogP contribution in [0.25, 0.3) is 0 Å². The second kappa shape index (κ2) is 7.07. The molecule has 1 fully saturated rings. The van der Waals surface area contributed by atoms with E-state index in [4.69, 9.17) is 4.74 Å². The van der Waals surface area contributed by atoms with Crippen molar-refractivity contribution in [1.82, 2.24) is 10.3 Å². The van der Waals surface area contributed by atoms with Gasteiger partial charge in [0.2, 0.25) is 5.88 Å². The summed E-state index contributed by atoms with van der Waals surface area (Å²) in [6.45, 7) is 7.39. The van der Waals surface area contributed by atoms with Crippen molar-refractivity contribution >= 4 is 0 Å². The maximum Gasteiger partial charge on any atom is 0.213 e. The smallest absolute Gasteiger partial charge is 0.213 e. The number of hydrogen-bond donors (Lipinski definition) is 1. The quantitative estimate of drug-likeness (QED) is 0.842. The Balaban J connectivity index is 1.91. The van der Waals surface area contributed by atoms with Gasteiger partial charge < -0.3 is 10.1 Å². The van der Waals surface area contributed by atoms with Gasteiger partial charge in [-0.25, -0.2) is 4.98 Å². The second-order valence-corrected chi connectivity index (χ2v) is 6.84. The molecule has 0 saturated heterocycles. The number of hydrogen-bond acceptors (Lipinski definition) is 3. The molecule has 0 bridgehead atoms. The van der Waals surface area contributed by atoms with Crippen LogP contribution in [0.15, 0.2) is 18.3 Å². The average Bonchev–Trinajstić information content (AvgIpc) is 2.65. The van der Waals surface area contributed by atoms with Crippen LogP contribution in [0.2, 0.25) is 0 Å². The Morgan fingerprint density at radius 1 is 1.20 bits per heavy atom. The molecule has 0 amide bonds. The fraction of sp³-hybridized carbons (Fsp3) is 0.706. The number of rotatable bonds is 4. The highest BCUT2D eigenvalue weighted by atomic mass is 16.5. The van der Waals surface area contributed by atoms with Crippen LogP contribution in [0, 0.1) is 0 Å². The van der Waals surface area contributed by atoms with Crippen LogP contribution in [0.5, 0.6) is 5.88 Å². The zero-order valence-electron chi connectivity index (χ0n) is 13.1. The van der Waals surface area contributed by atoms with Crippen molar-refractivity contribution < 1.29 is 4.74 Å². The second-order valence-electron chi connectivity index (χ2n) is 6.84. The third kappa shape index (κ3) is 5.49. The molecule has 20 heavy (non-hydrogen) atoms. The van der Waals surface area contributed by atoms with Crippen LogP contribution in [0.1, 0.15) is 64.9 Å². The van der Waals surface area contributed by atoms with Crippen molar-refractivity contribution in [3.8, 4) is 5.88 Å². The van der Waals surface area contributed by atoms with Gasteiger partial charge in [0.05, 0.1) is 0 Å². The third-order valence-corrected chi connectivity index (χ3v) is 3.71. The predicted molar refractivity (Wildman–Crippen MR) is 82.9 cm³/mol. The molecule has 0 radical (unpaired) electrons. The molecule has 1 aromatic heterocycles. The number of nitrogens with one attached hydrogen (secondary N) is 1. The molecule has 1 N–H and O–H groups in total. The fourth-order valence-corrected chi connectivity index (χ4v) is 2.52. The minimum atomic E-state index is 0.131. The van der Waals surface area contributed by atoms with Crippen molar-refractivity contribution in [2.45, 2.75) is 77.5 Å². The first-order valence-electron chi connectivity index (χ1n) is 7.89. The van der Waals surface area contributed by atoms with Crippen LogP contribution in [-0.2, 0) is 6.54 Å². The van der Waals surface area contributed by atoms with E-state index in [2.05, 4.69) is 43.2 Å². The SMILES string of the molecule is CC(C)(C)NCc1ccnc(OC2CCCCCC2)c1. The number of ether oxygens (including phenoxy) is 1. The third-order valence-electron chi connectivity index (χ3n) is 3.71. The standard InChI is InChI=1S/C17H28N2O/c1-17(2,3)19-13-14-10-11-18-16(12-14)20-15-8-6-4-5-7-9-15/h10-12,15,19H,4-9,13H2,1-3H3. The minimum absolute atomic E-state index is 0.131. The molecule has 1 aliphatic carbocycles. The molecular weight excluding hydrogens is 248 g/mol. The van der Waals surface area contributed by atoms with E-state index >= 15 is 0 Å². The Labute approximate surface area is 123 Å². The van der Waals surface area contributed by atoms with Crippen molar-refractivity contribution in [2.24, 2.45) is 0 Å². The molecular formula is C17H28N2O. The van der Waals surface area contributed by atoms with Gasteiger partial charge in [-0.3, -0.25) is 0 Å². The summed E-state index contributed by atoms with van der Waals surface area (Å²) in [5, 5.41) is 3.50. The Kier molecular flexibility index (Phi) is 5.41. The van der Waals surface area contributed by atoms with Crippen molar-refractivity contribution in [3.05, 3.63) is 23.9 Å². The molecule has 0 aromatic carbocycles. The zero-order chi connectivity index (χ0) is 14.4. The van der Waals surface area contributed by atoms with E-state index in [-0.39, 0.29) is 5.54 Å². The van der Waals surface area contributed by atoms with Crippen LogP contribution in [0.4, 0.5) is 0 Å². The number of nitrogens with zero attached hydrogens (tertiary/aromatic N) is 1. The van der Waals surface area contributed by atoms with Crippen LogP contribution >= 0.6 is 0 Å². The first-order valence-corrected chi connectivity index (χ1v) is 7.89. The summed E-state index contributed by atoms with van der Waals surface area (Å²) < 4.78 is 6.07. The summed E-state index contributed by atoms with van der Waals surface area (Å²) in [6.07, 6.45) is 9.83. The molecule has 1 aromatic rings. The van der Waals surface area contributed by atoms with Gasteiger partial charge >= 0.3 is 0 Å². The molecule has 3 heteroatoms. The summed E-state index contributed by atoms with van der Waals surface area (Å²) in [4.78, 5) is 4.36. The topological polar surface area (TPSA) is 34.2 Å². The van der Waals surface area contributed by atoms with E-state index in [0.717, 1.165) is 12.4 Å². The van der Waals surface area contributed by atoms with Crippen molar-refractivity contribution in [1.29, 1.82) is 0 Å². The lowest BCUT2D eigenvalue weighted by atomic mass is 10.1. The van der Waals surface area contributed by atoms with Crippen molar-refractivity contribution in [3.63, 3.8) is 0 Å². The normalized spacial score (nSPS) is 17.8. The van der Waals surface area contributed by atoms with E-state index < -0.39 is 0 Å². The van der Waals surface area contributed by atoms with E-state index in [1.807, 2.05) is 6.20 Å². The summed E-state index contributed by atoms with van der Waals surface area (Å²) in [7, 11) is 0. The van der Waals surface area contributed by atoms with Gasteiger partial charge in [-0.05, 0) is 58.1 Å². The lowest BCUT2D eigenvalue weighted by Gasteiger charge is -2.21. The molecule has 0 aliphatic heterocycles. The zero-order valence-corrected chi connectivity index (χ0v) is 13.1. The van der Waals surface area contributed by atoms with Gasteiger partial charge in [-0.15, -0.1) is 0 Å². The highest BCUT2D eigenvalue weighted by molar-refractivity contribution is 5.20. The monoisotopic (exact) mass is 276 g/mol. The Bertz CT molecular complexity index is 404. The van der Waals surface area contributed by atoms with Crippen molar-refractivity contribution in [2.75, 3.05) is 0 Å². The fourth-order valence-electron chi connectivity index (χ4n) is 2.52. The van der Waals surface area contributed by atoms with Gasteiger partial charge in [0.15, 0.2) is 0 Å². The molecule has 2 rings (SSSR count). The largest absolute Gasteiger partial charge is 0.474 e. The van der Waals surface area contributed by atoms with Crippen LogP contribution < -0.4 is 10.1 Å². The molecule has 112 valence electrons. The molecule has 3 nitrogen and oxygen atoms in total. The average molecular weight is 276 g/mol. The van der Waals surface area contributed by atoms with Gasteiger partial charge in [-0.2, -0.15) is 0 Å². The number of aromatic nitrogens is 1. The molecule has 1 aliphatic rings. The lowest BCUT2D eigenvalue weighted by molar-refractivity contribution is 0.176. The van der Waals surface area contributed by atoms with E-state index in [9.17, 15) is 0 Å². The minimum Gasteiger partial charge on any atom is -0.474 e. The first kappa shape index (κ1) is 15.3. The predicted octanol–water partition coefficient (Wildman–Crippen LogP) is 4.07.